The van der Waals surface area contributed by atoms with Gasteiger partial charge in [-0.3, -0.25) is 14.4 Å². The van der Waals surface area contributed by atoms with Crippen molar-refractivity contribution < 1.29 is 32.8 Å². The summed E-state index contributed by atoms with van der Waals surface area (Å²) >= 11 is 0. The van der Waals surface area contributed by atoms with Crippen molar-refractivity contribution in [3.8, 4) is 23.0 Å². The Balaban J connectivity index is 1.49. The second-order valence-electron chi connectivity index (χ2n) is 11.1. The van der Waals surface area contributed by atoms with Gasteiger partial charge in [-0.25, -0.2) is 9.97 Å². The van der Waals surface area contributed by atoms with Gasteiger partial charge >= 0.3 is 0 Å². The normalized spacial score (nSPS) is 16.6. The Morgan fingerprint density at radius 1 is 1.14 bits per heavy atom. The maximum atomic E-state index is 14.0. The van der Waals surface area contributed by atoms with Crippen LogP contribution in [0.4, 0.5) is 0 Å². The molecule has 1 aromatic carbocycles. The number of rotatable bonds is 3. The first-order valence-electron chi connectivity index (χ1n) is 14.4. The zero-order chi connectivity index (χ0) is 31.5. The molecule has 0 aliphatic carbocycles. The lowest BCUT2D eigenvalue weighted by atomic mass is 10.0. The minimum absolute atomic E-state index is 0.104. The summed E-state index contributed by atoms with van der Waals surface area (Å²) in [4.78, 5) is 51.0. The van der Waals surface area contributed by atoms with Gasteiger partial charge in [-0.15, -0.1) is 0 Å². The first-order valence-corrected chi connectivity index (χ1v) is 14.4. The van der Waals surface area contributed by atoms with Crippen LogP contribution >= 0.6 is 0 Å². The Hall–Kier alpha value is -4.94. The van der Waals surface area contributed by atoms with Gasteiger partial charge in [-0.1, -0.05) is 19.0 Å². The zero-order valence-electron chi connectivity index (χ0n) is 25.6. The maximum Gasteiger partial charge on any atom is 0.258 e. The Labute approximate surface area is 254 Å². The Bertz CT molecular complexity index is 1710. The van der Waals surface area contributed by atoms with Crippen LogP contribution < -0.4 is 20.1 Å². The average molecular weight is 605 g/mol. The topological polar surface area (TPSA) is 162 Å². The second kappa shape index (κ2) is 12.7. The number of benzene rings is 1. The number of aromatic nitrogens is 3. The molecule has 0 spiro atoms. The predicted octanol–water partition coefficient (Wildman–Crippen LogP) is 3.49. The van der Waals surface area contributed by atoms with E-state index in [9.17, 15) is 14.4 Å². The third kappa shape index (κ3) is 6.36. The van der Waals surface area contributed by atoms with Crippen molar-refractivity contribution in [1.82, 2.24) is 30.7 Å². The molecular formula is C31H36N6O7. The van der Waals surface area contributed by atoms with Crippen molar-refractivity contribution in [2.24, 2.45) is 5.92 Å². The van der Waals surface area contributed by atoms with E-state index in [1.807, 2.05) is 19.9 Å². The van der Waals surface area contributed by atoms with Crippen LogP contribution in [0.25, 0.3) is 22.6 Å². The quantitative estimate of drug-likeness (QED) is 0.354. The fraction of sp³-hybridized carbons (Fsp3) is 0.419. The number of hydrogen-bond acceptors (Lipinski definition) is 10. The fourth-order valence-electron chi connectivity index (χ4n) is 5.09. The van der Waals surface area contributed by atoms with Crippen LogP contribution in [0.1, 0.15) is 53.5 Å². The molecule has 2 N–H and O–H groups in total. The van der Waals surface area contributed by atoms with Crippen molar-refractivity contribution in [3.63, 3.8) is 0 Å². The number of pyridine rings is 1. The monoisotopic (exact) mass is 604 g/mol. The number of amides is 3. The molecule has 0 unspecified atom stereocenters. The van der Waals surface area contributed by atoms with Gasteiger partial charge in [0.1, 0.15) is 17.5 Å². The lowest BCUT2D eigenvalue weighted by molar-refractivity contribution is -0.130. The number of ether oxygens (including phenoxy) is 2. The Morgan fingerprint density at radius 3 is 2.68 bits per heavy atom. The minimum Gasteiger partial charge on any atom is -0.493 e. The number of carbonyl (C=O) groups excluding carboxylic acids is 3. The summed E-state index contributed by atoms with van der Waals surface area (Å²) in [6, 6.07) is 6.16. The largest absolute Gasteiger partial charge is 0.493 e. The molecule has 1 aliphatic rings. The molecule has 1 aliphatic heterocycles. The highest BCUT2D eigenvalue weighted by molar-refractivity contribution is 6.07. The number of methoxy groups -OCH3 is 1. The number of nitrogens with one attached hydrogen (secondary N) is 2. The summed E-state index contributed by atoms with van der Waals surface area (Å²) in [5.74, 6) is 0.442. The first-order chi connectivity index (χ1) is 21.0. The lowest BCUT2D eigenvalue weighted by Crippen LogP contribution is -2.52. The second-order valence-corrected chi connectivity index (χ2v) is 11.1. The number of aryl methyl sites for hydroxylation is 3. The van der Waals surface area contributed by atoms with Gasteiger partial charge in [-0.05, 0) is 57.4 Å². The summed E-state index contributed by atoms with van der Waals surface area (Å²) in [5, 5.41) is 10.1. The Kier molecular flexibility index (Phi) is 8.83. The molecule has 3 amide bonds. The van der Waals surface area contributed by atoms with E-state index in [1.165, 1.54) is 4.90 Å². The first kappa shape index (κ1) is 30.5. The van der Waals surface area contributed by atoms with E-state index in [1.54, 1.807) is 46.1 Å². The number of hydrogen-bond donors (Lipinski definition) is 2. The molecule has 0 radical (unpaired) electrons. The van der Waals surface area contributed by atoms with Crippen molar-refractivity contribution in [2.75, 3.05) is 26.8 Å². The van der Waals surface area contributed by atoms with Crippen molar-refractivity contribution in [3.05, 3.63) is 52.7 Å². The zero-order valence-corrected chi connectivity index (χ0v) is 25.6. The summed E-state index contributed by atoms with van der Waals surface area (Å²) in [6.07, 6.45) is 0.387. The van der Waals surface area contributed by atoms with Gasteiger partial charge in [0, 0.05) is 17.8 Å². The van der Waals surface area contributed by atoms with Crippen LogP contribution in [0, 0.1) is 26.7 Å². The van der Waals surface area contributed by atoms with E-state index in [0.717, 1.165) is 0 Å². The number of fused-ring (bicyclic) bond motifs is 6. The van der Waals surface area contributed by atoms with Crippen LogP contribution in [0.15, 0.2) is 33.2 Å². The minimum atomic E-state index is -0.840. The van der Waals surface area contributed by atoms with Gasteiger partial charge in [0.15, 0.2) is 11.5 Å². The van der Waals surface area contributed by atoms with E-state index >= 15 is 0 Å². The molecule has 4 bridgehead atoms. The molecule has 0 saturated heterocycles. The molecular weight excluding hydrogens is 568 g/mol. The molecule has 5 rings (SSSR count). The standard InChI is InChI=1S/C31H36N6O7/c1-16(2)27-28(39)32-14-22-19(5)43-29(34-22)20-8-9-23(41-6)24(13-20)42-11-7-10-37(15-25(38)35-27)31(40)21-12-17(3)33-30-26(21)18(4)36-44-30/h8-9,12-13,16,27H,7,10-11,14-15H2,1-6H3,(H,32,39)(H,35,38)/t27-/m0/s1. The van der Waals surface area contributed by atoms with Crippen molar-refractivity contribution >= 4 is 28.8 Å². The number of oxazole rings is 1. The molecule has 13 heteroatoms. The molecule has 0 saturated carbocycles. The van der Waals surface area contributed by atoms with Crippen LogP contribution in [0.5, 0.6) is 11.5 Å². The molecule has 0 fully saturated rings. The number of nitrogens with zero attached hydrogens (tertiary/aromatic N) is 4. The summed E-state index contributed by atoms with van der Waals surface area (Å²) in [7, 11) is 1.55. The van der Waals surface area contributed by atoms with Gasteiger partial charge < -0.3 is 33.9 Å². The molecule has 3 aromatic heterocycles. The lowest BCUT2D eigenvalue weighted by Gasteiger charge is -2.26. The third-order valence-corrected chi connectivity index (χ3v) is 7.43. The molecule has 44 heavy (non-hydrogen) atoms. The highest BCUT2D eigenvalue weighted by atomic mass is 16.5. The fourth-order valence-corrected chi connectivity index (χ4v) is 5.09. The van der Waals surface area contributed by atoms with Gasteiger partial charge in [0.2, 0.25) is 17.7 Å². The van der Waals surface area contributed by atoms with Crippen LogP contribution in [0.2, 0.25) is 0 Å². The Morgan fingerprint density at radius 2 is 1.93 bits per heavy atom. The predicted molar refractivity (Wildman–Crippen MR) is 159 cm³/mol. The highest BCUT2D eigenvalue weighted by Gasteiger charge is 2.28. The molecule has 4 heterocycles. The maximum absolute atomic E-state index is 14.0. The smallest absolute Gasteiger partial charge is 0.258 e. The summed E-state index contributed by atoms with van der Waals surface area (Å²) < 4.78 is 22.8. The molecule has 1 atom stereocenters. The SMILES string of the molecule is COc1ccc2cc1OCCCN(C(=O)c1cc(C)nc3onc(C)c13)CC(=O)N[C@@H](C(C)C)C(=O)NCc1nc-2oc1C. The third-order valence-electron chi connectivity index (χ3n) is 7.43. The highest BCUT2D eigenvalue weighted by Crippen LogP contribution is 2.33. The van der Waals surface area contributed by atoms with Crippen molar-refractivity contribution in [1.29, 1.82) is 0 Å². The molecule has 13 nitrogen and oxygen atoms in total. The summed E-state index contributed by atoms with van der Waals surface area (Å²) in [5.41, 5.74) is 2.89. The van der Waals surface area contributed by atoms with Crippen LogP contribution in [0.3, 0.4) is 0 Å². The van der Waals surface area contributed by atoms with E-state index in [-0.39, 0.29) is 43.8 Å². The molecule has 232 valence electrons. The summed E-state index contributed by atoms with van der Waals surface area (Å²) in [6.45, 7) is 9.14. The van der Waals surface area contributed by atoms with Crippen molar-refractivity contribution in [2.45, 2.75) is 53.6 Å². The average Bonchev–Trinajstić information content (AvgIpc) is 3.56. The molecule has 4 aromatic rings. The van der Waals surface area contributed by atoms with Gasteiger partial charge in [-0.2, -0.15) is 0 Å². The van der Waals surface area contributed by atoms with Gasteiger partial charge in [0.05, 0.1) is 43.4 Å². The van der Waals surface area contributed by atoms with Gasteiger partial charge in [0.25, 0.3) is 11.6 Å². The van der Waals surface area contributed by atoms with E-state index in [2.05, 4.69) is 25.8 Å². The van der Waals surface area contributed by atoms with E-state index < -0.39 is 17.9 Å². The van der Waals surface area contributed by atoms with E-state index in [4.69, 9.17) is 18.4 Å². The van der Waals surface area contributed by atoms with Crippen LogP contribution in [-0.2, 0) is 16.1 Å². The number of carbonyl (C=O) groups is 3. The van der Waals surface area contributed by atoms with E-state index in [0.29, 0.717) is 63.2 Å². The van der Waals surface area contributed by atoms with Crippen LogP contribution in [-0.4, -0.2) is 70.6 Å².